The van der Waals surface area contributed by atoms with Gasteiger partial charge in [0.1, 0.15) is 0 Å². The number of nitrogens with zero attached hydrogens (tertiary/aromatic N) is 4. The molecule has 1 amide bonds. The van der Waals surface area contributed by atoms with Gasteiger partial charge in [0, 0.05) is 32.5 Å². The second kappa shape index (κ2) is 9.27. The Morgan fingerprint density at radius 3 is 2.96 bits per heavy atom. The molecule has 1 aliphatic heterocycles. The Morgan fingerprint density at radius 2 is 2.26 bits per heavy atom. The van der Waals surface area contributed by atoms with Crippen LogP contribution in [0.4, 0.5) is 0 Å². The lowest BCUT2D eigenvalue weighted by Crippen LogP contribution is -2.35. The van der Waals surface area contributed by atoms with Crippen molar-refractivity contribution in [3.05, 3.63) is 11.7 Å². The molecule has 0 saturated carbocycles. The molecule has 1 atom stereocenters. The molecule has 130 valence electrons. The summed E-state index contributed by atoms with van der Waals surface area (Å²) < 4.78 is 5.03. The van der Waals surface area contributed by atoms with Crippen LogP contribution in [-0.4, -0.2) is 64.0 Å². The fraction of sp³-hybridized carbons (Fsp3) is 0.812. The van der Waals surface area contributed by atoms with Gasteiger partial charge in [0.05, 0.1) is 6.54 Å². The number of hydrogen-bond acceptors (Lipinski definition) is 6. The van der Waals surface area contributed by atoms with Gasteiger partial charge in [-0.3, -0.25) is 9.69 Å². The molecule has 6 nitrogen and oxygen atoms in total. The molecule has 0 radical (unpaired) electrons. The summed E-state index contributed by atoms with van der Waals surface area (Å²) in [6.07, 6.45) is 6.95. The van der Waals surface area contributed by atoms with Crippen LogP contribution < -0.4 is 0 Å². The molecular formula is C16H28N4O2S. The predicted octanol–water partition coefficient (Wildman–Crippen LogP) is 2.33. The minimum Gasteiger partial charge on any atom is -0.343 e. The van der Waals surface area contributed by atoms with Crippen LogP contribution in [0.25, 0.3) is 0 Å². The Kier molecular flexibility index (Phi) is 7.36. The van der Waals surface area contributed by atoms with E-state index in [1.807, 2.05) is 11.8 Å². The van der Waals surface area contributed by atoms with Gasteiger partial charge in [-0.15, -0.1) is 0 Å². The Hall–Kier alpha value is -1.08. The summed E-state index contributed by atoms with van der Waals surface area (Å²) in [6.45, 7) is 4.26. The van der Waals surface area contributed by atoms with E-state index >= 15 is 0 Å². The quantitative estimate of drug-likeness (QED) is 0.710. The summed E-state index contributed by atoms with van der Waals surface area (Å²) in [5.74, 6) is 2.72. The second-order valence-corrected chi connectivity index (χ2v) is 7.19. The highest BCUT2D eigenvalue weighted by atomic mass is 32.2. The van der Waals surface area contributed by atoms with E-state index in [0.717, 1.165) is 50.4 Å². The first-order valence-corrected chi connectivity index (χ1v) is 9.75. The largest absolute Gasteiger partial charge is 0.343 e. The molecule has 1 aromatic heterocycles. The van der Waals surface area contributed by atoms with E-state index in [9.17, 15) is 4.79 Å². The summed E-state index contributed by atoms with van der Waals surface area (Å²) >= 11 is 1.80. The van der Waals surface area contributed by atoms with Gasteiger partial charge in [-0.25, -0.2) is 0 Å². The minimum atomic E-state index is 0.316. The van der Waals surface area contributed by atoms with Crippen LogP contribution in [0.1, 0.15) is 43.8 Å². The zero-order chi connectivity index (χ0) is 16.7. The molecule has 23 heavy (non-hydrogen) atoms. The summed E-state index contributed by atoms with van der Waals surface area (Å²) in [5.41, 5.74) is 0. The SMILES string of the molecule is CSCCCC(=O)N1CCC[C@H](N(C)Cc2noc(C)n2)CC1. The first-order valence-electron chi connectivity index (χ1n) is 8.36. The molecule has 0 spiro atoms. The van der Waals surface area contributed by atoms with Crippen molar-refractivity contribution in [2.24, 2.45) is 0 Å². The zero-order valence-electron chi connectivity index (χ0n) is 14.5. The lowest BCUT2D eigenvalue weighted by atomic mass is 10.1. The van der Waals surface area contributed by atoms with E-state index in [-0.39, 0.29) is 0 Å². The minimum absolute atomic E-state index is 0.316. The standard InChI is InChI=1S/C16H28N4O2S/c1-13-17-15(18-22-13)12-19(2)14-6-4-9-20(10-8-14)16(21)7-5-11-23-3/h14H,4-12H2,1-3H3/t14-/m0/s1. The van der Waals surface area contributed by atoms with E-state index < -0.39 is 0 Å². The fourth-order valence-corrected chi connectivity index (χ4v) is 3.49. The third-order valence-corrected chi connectivity index (χ3v) is 5.07. The lowest BCUT2D eigenvalue weighted by molar-refractivity contribution is -0.131. The normalized spacial score (nSPS) is 19.1. The molecule has 1 aromatic rings. The number of amides is 1. The van der Waals surface area contributed by atoms with Gasteiger partial charge < -0.3 is 9.42 Å². The maximum absolute atomic E-state index is 12.3. The highest BCUT2D eigenvalue weighted by Crippen LogP contribution is 2.18. The Labute approximate surface area is 143 Å². The molecule has 1 aliphatic rings. The number of carbonyl (C=O) groups excluding carboxylic acids is 1. The van der Waals surface area contributed by atoms with E-state index in [1.54, 1.807) is 11.8 Å². The van der Waals surface area contributed by atoms with Gasteiger partial charge in [-0.1, -0.05) is 5.16 Å². The molecule has 1 fully saturated rings. The number of rotatable bonds is 7. The van der Waals surface area contributed by atoms with Crippen LogP contribution in [0, 0.1) is 6.92 Å². The molecule has 1 saturated heterocycles. The van der Waals surface area contributed by atoms with E-state index in [1.165, 1.54) is 0 Å². The van der Waals surface area contributed by atoms with Crippen LogP contribution in [0.15, 0.2) is 4.52 Å². The van der Waals surface area contributed by atoms with Gasteiger partial charge in [-0.05, 0) is 44.7 Å². The van der Waals surface area contributed by atoms with Crippen LogP contribution in [0.2, 0.25) is 0 Å². The van der Waals surface area contributed by atoms with Crippen molar-refractivity contribution < 1.29 is 9.32 Å². The number of hydrogen-bond donors (Lipinski definition) is 0. The van der Waals surface area contributed by atoms with Gasteiger partial charge >= 0.3 is 0 Å². The monoisotopic (exact) mass is 340 g/mol. The lowest BCUT2D eigenvalue weighted by Gasteiger charge is -2.26. The molecule has 7 heteroatoms. The van der Waals surface area contributed by atoms with Gasteiger partial charge in [-0.2, -0.15) is 16.7 Å². The van der Waals surface area contributed by atoms with Crippen molar-refractivity contribution in [1.29, 1.82) is 0 Å². The Balaban J connectivity index is 1.79. The first kappa shape index (κ1) is 18.3. The molecule has 0 bridgehead atoms. The number of likely N-dealkylation sites (tertiary alicyclic amines) is 1. The van der Waals surface area contributed by atoms with Crippen molar-refractivity contribution >= 4 is 17.7 Å². The third-order valence-electron chi connectivity index (χ3n) is 4.37. The van der Waals surface area contributed by atoms with Crippen molar-refractivity contribution in [3.8, 4) is 0 Å². The van der Waals surface area contributed by atoms with Crippen molar-refractivity contribution in [3.63, 3.8) is 0 Å². The number of aromatic nitrogens is 2. The summed E-state index contributed by atoms with van der Waals surface area (Å²) in [7, 11) is 2.10. The van der Waals surface area contributed by atoms with Crippen LogP contribution in [0.3, 0.4) is 0 Å². The number of aryl methyl sites for hydroxylation is 1. The van der Waals surface area contributed by atoms with E-state index in [0.29, 0.717) is 30.8 Å². The first-order chi connectivity index (χ1) is 11.1. The van der Waals surface area contributed by atoms with Crippen molar-refractivity contribution in [1.82, 2.24) is 19.9 Å². The molecule has 2 rings (SSSR count). The van der Waals surface area contributed by atoms with Crippen LogP contribution in [-0.2, 0) is 11.3 Å². The van der Waals surface area contributed by atoms with Crippen molar-refractivity contribution in [2.75, 3.05) is 32.1 Å². The zero-order valence-corrected chi connectivity index (χ0v) is 15.3. The molecule has 0 aliphatic carbocycles. The Morgan fingerprint density at radius 1 is 1.43 bits per heavy atom. The Bertz CT molecular complexity index is 494. The fourth-order valence-electron chi connectivity index (χ4n) is 3.05. The third kappa shape index (κ3) is 5.80. The van der Waals surface area contributed by atoms with Crippen molar-refractivity contribution in [2.45, 2.75) is 51.6 Å². The van der Waals surface area contributed by atoms with Gasteiger partial charge in [0.2, 0.25) is 11.8 Å². The maximum Gasteiger partial charge on any atom is 0.223 e. The maximum atomic E-state index is 12.3. The van der Waals surface area contributed by atoms with E-state index in [4.69, 9.17) is 4.52 Å². The smallest absolute Gasteiger partial charge is 0.223 e. The van der Waals surface area contributed by atoms with Gasteiger partial charge in [0.25, 0.3) is 0 Å². The summed E-state index contributed by atoms with van der Waals surface area (Å²) in [6, 6.07) is 0.470. The highest BCUT2D eigenvalue weighted by Gasteiger charge is 2.23. The molecule has 0 aromatic carbocycles. The second-order valence-electron chi connectivity index (χ2n) is 6.21. The average molecular weight is 340 g/mol. The number of carbonyl (C=O) groups is 1. The van der Waals surface area contributed by atoms with Crippen LogP contribution >= 0.6 is 11.8 Å². The summed E-state index contributed by atoms with van der Waals surface area (Å²) in [4.78, 5) is 20.9. The molecule has 2 heterocycles. The van der Waals surface area contributed by atoms with E-state index in [2.05, 4.69) is 28.3 Å². The van der Waals surface area contributed by atoms with Crippen LogP contribution in [0.5, 0.6) is 0 Å². The average Bonchev–Trinajstić information content (AvgIpc) is 2.79. The van der Waals surface area contributed by atoms with Gasteiger partial charge in [0.15, 0.2) is 5.82 Å². The molecule has 0 N–H and O–H groups in total. The topological polar surface area (TPSA) is 62.5 Å². The molecular weight excluding hydrogens is 312 g/mol. The molecule has 0 unspecified atom stereocenters. The number of thioether (sulfide) groups is 1. The summed E-state index contributed by atoms with van der Waals surface area (Å²) in [5, 5.41) is 3.96. The highest BCUT2D eigenvalue weighted by molar-refractivity contribution is 7.98. The predicted molar refractivity (Wildman–Crippen MR) is 92.3 cm³/mol.